The van der Waals surface area contributed by atoms with Gasteiger partial charge in [-0.2, -0.15) is 5.10 Å². The van der Waals surface area contributed by atoms with Crippen LogP contribution in [0.3, 0.4) is 0 Å². The SMILES string of the molecule is CC(C)OC(=O)c1cc([O])cnn1. The lowest BCUT2D eigenvalue weighted by Gasteiger charge is -2.05. The molecule has 0 aromatic carbocycles. The fourth-order valence-corrected chi connectivity index (χ4v) is 0.723. The number of carbonyl (C=O) groups is 1. The molecule has 0 amide bonds. The van der Waals surface area contributed by atoms with Crippen molar-refractivity contribution < 1.29 is 14.6 Å². The molecular formula is C8H9N2O3. The van der Waals surface area contributed by atoms with Crippen molar-refractivity contribution in [2.24, 2.45) is 0 Å². The Morgan fingerprint density at radius 1 is 1.54 bits per heavy atom. The van der Waals surface area contributed by atoms with Gasteiger partial charge in [0.15, 0.2) is 5.69 Å². The fraction of sp³-hybridized carbons (Fsp3) is 0.375. The van der Waals surface area contributed by atoms with Crippen molar-refractivity contribution in [1.29, 1.82) is 0 Å². The monoisotopic (exact) mass is 181 g/mol. The number of hydrogen-bond acceptors (Lipinski definition) is 4. The Hall–Kier alpha value is -1.65. The highest BCUT2D eigenvalue weighted by molar-refractivity contribution is 5.87. The average Bonchev–Trinajstić information content (AvgIpc) is 2.03. The Bertz CT molecular complexity index is 312. The number of hydrogen-bond donors (Lipinski definition) is 0. The van der Waals surface area contributed by atoms with Crippen molar-refractivity contribution in [3.63, 3.8) is 0 Å². The molecule has 0 bridgehead atoms. The zero-order valence-corrected chi connectivity index (χ0v) is 7.35. The van der Waals surface area contributed by atoms with E-state index in [0.717, 1.165) is 12.3 Å². The van der Waals surface area contributed by atoms with E-state index in [1.54, 1.807) is 13.8 Å². The van der Waals surface area contributed by atoms with Gasteiger partial charge in [0, 0.05) is 6.07 Å². The summed E-state index contributed by atoms with van der Waals surface area (Å²) < 4.78 is 4.81. The number of aromatic nitrogens is 2. The molecule has 0 aliphatic heterocycles. The standard InChI is InChI=1S/C8H9N2O3/c1-5(2)13-8(12)7-3-6(11)4-9-10-7/h3-5H,1-2H3. The van der Waals surface area contributed by atoms with Gasteiger partial charge in [0.25, 0.3) is 0 Å². The van der Waals surface area contributed by atoms with Crippen molar-refractivity contribution in [1.82, 2.24) is 10.2 Å². The van der Waals surface area contributed by atoms with E-state index in [1.165, 1.54) is 0 Å². The van der Waals surface area contributed by atoms with Gasteiger partial charge in [0.2, 0.25) is 5.75 Å². The molecule has 0 spiro atoms. The van der Waals surface area contributed by atoms with Gasteiger partial charge in [-0.1, -0.05) is 0 Å². The van der Waals surface area contributed by atoms with Crippen LogP contribution in [0.15, 0.2) is 12.3 Å². The van der Waals surface area contributed by atoms with Gasteiger partial charge in [0.1, 0.15) is 0 Å². The summed E-state index contributed by atoms with van der Waals surface area (Å²) >= 11 is 0. The zero-order valence-electron chi connectivity index (χ0n) is 7.35. The fourth-order valence-electron chi connectivity index (χ4n) is 0.723. The first-order chi connectivity index (χ1) is 6.09. The second-order valence-electron chi connectivity index (χ2n) is 2.73. The molecule has 0 saturated heterocycles. The second kappa shape index (κ2) is 3.84. The van der Waals surface area contributed by atoms with Crippen molar-refractivity contribution >= 4 is 5.97 Å². The maximum atomic E-state index is 11.1. The molecule has 1 aromatic heterocycles. The third kappa shape index (κ3) is 2.70. The first-order valence-electron chi connectivity index (χ1n) is 3.80. The molecule has 0 aliphatic rings. The van der Waals surface area contributed by atoms with Gasteiger partial charge in [-0.05, 0) is 13.8 Å². The quantitative estimate of drug-likeness (QED) is 0.642. The summed E-state index contributed by atoms with van der Waals surface area (Å²) in [5.41, 5.74) is -0.0544. The normalized spacial score (nSPS) is 10.1. The minimum absolute atomic E-state index is 0.0544. The molecule has 1 aromatic rings. The molecule has 0 saturated carbocycles. The van der Waals surface area contributed by atoms with Gasteiger partial charge < -0.3 is 4.74 Å². The lowest BCUT2D eigenvalue weighted by Crippen LogP contribution is -2.13. The Morgan fingerprint density at radius 3 is 2.77 bits per heavy atom. The van der Waals surface area contributed by atoms with Crippen molar-refractivity contribution in [3.05, 3.63) is 18.0 Å². The molecule has 0 atom stereocenters. The molecule has 1 rings (SSSR count). The topological polar surface area (TPSA) is 72.0 Å². The van der Waals surface area contributed by atoms with Gasteiger partial charge in [0.05, 0.1) is 12.3 Å². The highest BCUT2D eigenvalue weighted by Gasteiger charge is 2.12. The molecular weight excluding hydrogens is 172 g/mol. The Morgan fingerprint density at radius 2 is 2.23 bits per heavy atom. The van der Waals surface area contributed by atoms with Crippen LogP contribution in [-0.2, 0) is 9.84 Å². The highest BCUT2D eigenvalue weighted by atomic mass is 16.5. The van der Waals surface area contributed by atoms with Crippen molar-refractivity contribution in [2.75, 3.05) is 0 Å². The van der Waals surface area contributed by atoms with Crippen molar-refractivity contribution in [3.8, 4) is 5.75 Å². The number of nitrogens with zero attached hydrogens (tertiary/aromatic N) is 2. The zero-order chi connectivity index (χ0) is 9.84. The summed E-state index contributed by atoms with van der Waals surface area (Å²) in [6, 6.07) is 1.09. The molecule has 69 valence electrons. The highest BCUT2D eigenvalue weighted by Crippen LogP contribution is 2.08. The van der Waals surface area contributed by atoms with E-state index in [4.69, 9.17) is 4.74 Å². The van der Waals surface area contributed by atoms with E-state index in [-0.39, 0.29) is 17.5 Å². The summed E-state index contributed by atoms with van der Waals surface area (Å²) in [5.74, 6) is -0.981. The molecule has 13 heavy (non-hydrogen) atoms. The summed E-state index contributed by atoms with van der Waals surface area (Å²) in [6.45, 7) is 3.43. The maximum absolute atomic E-state index is 11.1. The van der Waals surface area contributed by atoms with Crippen LogP contribution in [0, 0.1) is 0 Å². The first-order valence-corrected chi connectivity index (χ1v) is 3.80. The lowest BCUT2D eigenvalue weighted by atomic mass is 10.4. The smallest absolute Gasteiger partial charge is 0.359 e. The third-order valence-electron chi connectivity index (χ3n) is 1.18. The number of rotatable bonds is 2. The summed E-state index contributed by atoms with van der Waals surface area (Å²) in [7, 11) is 0. The largest absolute Gasteiger partial charge is 0.458 e. The van der Waals surface area contributed by atoms with Crippen LogP contribution in [0.1, 0.15) is 24.3 Å². The van der Waals surface area contributed by atoms with E-state index < -0.39 is 5.97 Å². The Labute approximate surface area is 75.4 Å². The molecule has 0 fully saturated rings. The minimum atomic E-state index is -0.625. The van der Waals surface area contributed by atoms with Crippen molar-refractivity contribution in [2.45, 2.75) is 20.0 Å². The van der Waals surface area contributed by atoms with Crippen LogP contribution in [-0.4, -0.2) is 22.3 Å². The van der Waals surface area contributed by atoms with E-state index in [0.29, 0.717) is 0 Å². The molecule has 0 aliphatic carbocycles. The number of ether oxygens (including phenoxy) is 1. The first kappa shape index (κ1) is 9.44. The van der Waals surface area contributed by atoms with E-state index in [2.05, 4.69) is 10.2 Å². The van der Waals surface area contributed by atoms with Crippen LogP contribution in [0.4, 0.5) is 0 Å². The van der Waals surface area contributed by atoms with Gasteiger partial charge in [-0.3, -0.25) is 5.11 Å². The summed E-state index contributed by atoms with van der Waals surface area (Å²) in [5, 5.41) is 17.6. The Kier molecular flexibility index (Phi) is 2.79. The van der Waals surface area contributed by atoms with Crippen LogP contribution in [0.2, 0.25) is 0 Å². The van der Waals surface area contributed by atoms with Crippen LogP contribution in [0.25, 0.3) is 0 Å². The number of esters is 1. The minimum Gasteiger partial charge on any atom is -0.458 e. The molecule has 5 nitrogen and oxygen atoms in total. The Balaban J connectivity index is 2.77. The van der Waals surface area contributed by atoms with Gasteiger partial charge in [-0.25, -0.2) is 4.79 Å². The van der Waals surface area contributed by atoms with Gasteiger partial charge >= 0.3 is 5.97 Å². The lowest BCUT2D eigenvalue weighted by molar-refractivity contribution is 0.0368. The summed E-state index contributed by atoms with van der Waals surface area (Å²) in [4.78, 5) is 11.1. The van der Waals surface area contributed by atoms with Crippen LogP contribution in [0.5, 0.6) is 5.75 Å². The number of carbonyl (C=O) groups excluding carboxylic acids is 1. The van der Waals surface area contributed by atoms with Gasteiger partial charge in [-0.15, -0.1) is 5.10 Å². The van der Waals surface area contributed by atoms with E-state index in [1.807, 2.05) is 0 Å². The average molecular weight is 181 g/mol. The van der Waals surface area contributed by atoms with Crippen LogP contribution < -0.4 is 0 Å². The summed E-state index contributed by atoms with van der Waals surface area (Å²) in [6.07, 6.45) is 0.802. The predicted octanol–water partition coefficient (Wildman–Crippen LogP) is 1.19. The third-order valence-corrected chi connectivity index (χ3v) is 1.18. The maximum Gasteiger partial charge on any atom is 0.359 e. The molecule has 0 unspecified atom stereocenters. The molecule has 0 N–H and O–H groups in total. The van der Waals surface area contributed by atoms with E-state index in [9.17, 15) is 9.90 Å². The predicted molar refractivity (Wildman–Crippen MR) is 42.7 cm³/mol. The second-order valence-corrected chi connectivity index (χ2v) is 2.73. The molecule has 1 radical (unpaired) electrons. The molecule has 5 heteroatoms. The van der Waals surface area contributed by atoms with E-state index >= 15 is 0 Å². The molecule has 1 heterocycles. The van der Waals surface area contributed by atoms with Crippen LogP contribution >= 0.6 is 0 Å².